The second kappa shape index (κ2) is 7.50. The Morgan fingerprint density at radius 1 is 0.862 bits per heavy atom. The molecule has 12 heteroatoms. The van der Waals surface area contributed by atoms with E-state index in [0.29, 0.717) is 5.75 Å². The van der Waals surface area contributed by atoms with Crippen LogP contribution in [0, 0.1) is 0 Å². The molecular formula is C17H16F3NO6S2. The van der Waals surface area contributed by atoms with Gasteiger partial charge in [0.1, 0.15) is 11.5 Å². The molecule has 2 aromatic carbocycles. The third kappa shape index (κ3) is 4.49. The molecule has 3 rings (SSSR count). The molecule has 7 nitrogen and oxygen atoms in total. The maximum absolute atomic E-state index is 12.6. The summed E-state index contributed by atoms with van der Waals surface area (Å²) in [5.74, 6) is -0.0697. The lowest BCUT2D eigenvalue weighted by Crippen LogP contribution is -2.56. The van der Waals surface area contributed by atoms with Crippen LogP contribution >= 0.6 is 0 Å². The Morgan fingerprint density at radius 3 is 1.83 bits per heavy atom. The van der Waals surface area contributed by atoms with Gasteiger partial charge in [0, 0.05) is 13.1 Å². The van der Waals surface area contributed by atoms with E-state index in [2.05, 4.69) is 4.74 Å². The highest BCUT2D eigenvalue weighted by Crippen LogP contribution is 2.31. The van der Waals surface area contributed by atoms with Crippen LogP contribution in [0.1, 0.15) is 0 Å². The lowest BCUT2D eigenvalue weighted by molar-refractivity contribution is -0.274. The Bertz CT molecular complexity index is 1080. The van der Waals surface area contributed by atoms with Crippen molar-refractivity contribution in [3.8, 4) is 11.5 Å². The molecule has 0 radical (unpaired) electrons. The SMILES string of the molecule is COc1ccc(S(=O)(=O)C2CN(S(=O)(=O)c3ccc(OC(F)(F)F)cc3)C2)cc1. The van der Waals surface area contributed by atoms with Crippen molar-refractivity contribution >= 4 is 19.9 Å². The number of methoxy groups -OCH3 is 1. The number of benzene rings is 2. The van der Waals surface area contributed by atoms with Crippen LogP contribution in [0.25, 0.3) is 0 Å². The minimum Gasteiger partial charge on any atom is -0.497 e. The number of sulfone groups is 1. The minimum absolute atomic E-state index is 0.0500. The van der Waals surface area contributed by atoms with Crippen LogP contribution in [0.15, 0.2) is 58.3 Å². The summed E-state index contributed by atoms with van der Waals surface area (Å²) in [6.45, 7) is -0.505. The first kappa shape index (κ1) is 21.4. The van der Waals surface area contributed by atoms with E-state index in [0.717, 1.165) is 28.6 Å². The van der Waals surface area contributed by atoms with E-state index in [-0.39, 0.29) is 22.9 Å². The number of hydrogen-bond donors (Lipinski definition) is 0. The molecule has 158 valence electrons. The van der Waals surface area contributed by atoms with E-state index in [1.165, 1.54) is 31.4 Å². The van der Waals surface area contributed by atoms with Gasteiger partial charge in [-0.05, 0) is 48.5 Å². The van der Waals surface area contributed by atoms with Gasteiger partial charge in [-0.3, -0.25) is 0 Å². The van der Waals surface area contributed by atoms with Gasteiger partial charge in [0.05, 0.1) is 22.2 Å². The first-order valence-corrected chi connectivity index (χ1v) is 11.2. The summed E-state index contributed by atoms with van der Waals surface area (Å²) in [5.41, 5.74) is 0. The van der Waals surface area contributed by atoms with E-state index < -0.39 is 37.2 Å². The third-order valence-corrected chi connectivity index (χ3v) is 8.29. The van der Waals surface area contributed by atoms with Gasteiger partial charge in [-0.2, -0.15) is 4.31 Å². The molecule has 1 saturated heterocycles. The van der Waals surface area contributed by atoms with Crippen LogP contribution in [0.5, 0.6) is 11.5 Å². The summed E-state index contributed by atoms with van der Waals surface area (Å²) in [7, 11) is -6.33. The fourth-order valence-corrected chi connectivity index (χ4v) is 6.09. The molecule has 1 aliphatic rings. The number of hydrogen-bond acceptors (Lipinski definition) is 6. The van der Waals surface area contributed by atoms with Crippen LogP contribution in [0.3, 0.4) is 0 Å². The summed E-state index contributed by atoms with van der Waals surface area (Å²) >= 11 is 0. The number of rotatable bonds is 6. The number of nitrogens with zero attached hydrogens (tertiary/aromatic N) is 1. The standard InChI is InChI=1S/C17H16F3NO6S2/c1-26-12-2-6-14(7-3-12)28(22,23)16-10-21(11-16)29(24,25)15-8-4-13(5-9-15)27-17(18,19)20/h2-9,16H,10-11H2,1H3. The van der Waals surface area contributed by atoms with E-state index in [9.17, 15) is 30.0 Å². The van der Waals surface area contributed by atoms with E-state index >= 15 is 0 Å². The average Bonchev–Trinajstić information content (AvgIpc) is 2.59. The highest BCUT2D eigenvalue weighted by molar-refractivity contribution is 7.92. The molecule has 0 saturated carbocycles. The van der Waals surface area contributed by atoms with Gasteiger partial charge in [-0.15, -0.1) is 13.2 Å². The van der Waals surface area contributed by atoms with Crippen molar-refractivity contribution in [3.05, 3.63) is 48.5 Å². The van der Waals surface area contributed by atoms with Gasteiger partial charge >= 0.3 is 6.36 Å². The molecule has 0 aliphatic carbocycles. The van der Waals surface area contributed by atoms with Gasteiger partial charge in [0.2, 0.25) is 10.0 Å². The molecule has 0 bridgehead atoms. The van der Waals surface area contributed by atoms with Gasteiger partial charge in [-0.25, -0.2) is 16.8 Å². The Balaban J connectivity index is 1.70. The van der Waals surface area contributed by atoms with Crippen molar-refractivity contribution in [3.63, 3.8) is 0 Å². The van der Waals surface area contributed by atoms with Gasteiger partial charge < -0.3 is 9.47 Å². The Kier molecular flexibility index (Phi) is 5.54. The summed E-state index contributed by atoms with van der Waals surface area (Å²) in [4.78, 5) is -0.207. The molecule has 0 aromatic heterocycles. The van der Waals surface area contributed by atoms with Gasteiger partial charge in [0.15, 0.2) is 9.84 Å². The average molecular weight is 451 g/mol. The smallest absolute Gasteiger partial charge is 0.497 e. The van der Waals surface area contributed by atoms with Crippen molar-refractivity contribution in [2.75, 3.05) is 20.2 Å². The number of halogens is 3. The van der Waals surface area contributed by atoms with Crippen molar-refractivity contribution in [1.82, 2.24) is 4.31 Å². The van der Waals surface area contributed by atoms with E-state index in [1.807, 2.05) is 0 Å². The Labute approximate surface area is 165 Å². The van der Waals surface area contributed by atoms with Crippen LogP contribution in [0.2, 0.25) is 0 Å². The summed E-state index contributed by atoms with van der Waals surface area (Å²) in [5, 5.41) is -0.918. The molecule has 1 heterocycles. The second-order valence-electron chi connectivity index (χ2n) is 6.18. The minimum atomic E-state index is -4.89. The molecule has 1 fully saturated rings. The van der Waals surface area contributed by atoms with Crippen LogP contribution in [-0.2, 0) is 19.9 Å². The largest absolute Gasteiger partial charge is 0.573 e. The van der Waals surface area contributed by atoms with E-state index in [1.54, 1.807) is 0 Å². The predicted molar refractivity (Wildman–Crippen MR) is 95.9 cm³/mol. The normalized spacial score (nSPS) is 16.3. The predicted octanol–water partition coefficient (Wildman–Crippen LogP) is 2.44. The van der Waals surface area contributed by atoms with E-state index in [4.69, 9.17) is 4.74 Å². The summed E-state index contributed by atoms with van der Waals surface area (Å²) < 4.78 is 96.5. The number of alkyl halides is 3. The quantitative estimate of drug-likeness (QED) is 0.670. The zero-order chi connectivity index (χ0) is 21.4. The van der Waals surface area contributed by atoms with Crippen molar-refractivity contribution in [2.24, 2.45) is 0 Å². The van der Waals surface area contributed by atoms with Gasteiger partial charge in [-0.1, -0.05) is 0 Å². The van der Waals surface area contributed by atoms with Crippen LogP contribution in [0.4, 0.5) is 13.2 Å². The highest BCUT2D eigenvalue weighted by atomic mass is 32.2. The first-order chi connectivity index (χ1) is 13.4. The topological polar surface area (TPSA) is 90.0 Å². The maximum Gasteiger partial charge on any atom is 0.573 e. The molecule has 0 unspecified atom stereocenters. The first-order valence-electron chi connectivity index (χ1n) is 8.17. The molecule has 0 spiro atoms. The molecular weight excluding hydrogens is 435 g/mol. The second-order valence-corrected chi connectivity index (χ2v) is 10.3. The fourth-order valence-electron chi connectivity index (χ4n) is 2.71. The zero-order valence-corrected chi connectivity index (χ0v) is 16.6. The molecule has 0 amide bonds. The van der Waals surface area contributed by atoms with Crippen molar-refractivity contribution in [1.29, 1.82) is 0 Å². The zero-order valence-electron chi connectivity index (χ0n) is 15.0. The van der Waals surface area contributed by atoms with Crippen LogP contribution < -0.4 is 9.47 Å². The molecule has 0 N–H and O–H groups in total. The van der Waals surface area contributed by atoms with Crippen molar-refractivity contribution < 1.29 is 39.5 Å². The third-order valence-electron chi connectivity index (χ3n) is 4.34. The van der Waals surface area contributed by atoms with Crippen molar-refractivity contribution in [2.45, 2.75) is 21.4 Å². The highest BCUT2D eigenvalue weighted by Gasteiger charge is 2.44. The maximum atomic E-state index is 12.6. The Morgan fingerprint density at radius 2 is 1.34 bits per heavy atom. The molecule has 0 atom stereocenters. The monoisotopic (exact) mass is 451 g/mol. The number of sulfonamides is 1. The molecule has 2 aromatic rings. The Hall–Kier alpha value is -2.31. The lowest BCUT2D eigenvalue weighted by Gasteiger charge is -2.37. The molecule has 29 heavy (non-hydrogen) atoms. The number of ether oxygens (including phenoxy) is 2. The summed E-state index contributed by atoms with van der Waals surface area (Å²) in [6.07, 6.45) is -4.89. The fraction of sp³-hybridized carbons (Fsp3) is 0.294. The van der Waals surface area contributed by atoms with Crippen LogP contribution in [-0.4, -0.2) is 53.0 Å². The lowest BCUT2D eigenvalue weighted by atomic mass is 10.3. The van der Waals surface area contributed by atoms with Gasteiger partial charge in [0.25, 0.3) is 0 Å². The molecule has 1 aliphatic heterocycles. The summed E-state index contributed by atoms with van der Waals surface area (Å²) in [6, 6.07) is 9.45.